The van der Waals surface area contributed by atoms with Crippen LogP contribution in [0.15, 0.2) is 34.1 Å². The molecule has 0 saturated carbocycles. The molecule has 0 unspecified atom stereocenters. The number of halogens is 1. The molecule has 4 aromatic rings. The molecular formula is C19H21ClN6O2S. The first-order chi connectivity index (χ1) is 14.0. The number of aromatic amines is 1. The average molecular weight is 433 g/mol. The van der Waals surface area contributed by atoms with E-state index in [2.05, 4.69) is 15.1 Å². The zero-order valence-electron chi connectivity index (χ0n) is 16.2. The Kier molecular flexibility index (Phi) is 5.42. The fourth-order valence-corrected chi connectivity index (χ4v) is 4.40. The summed E-state index contributed by atoms with van der Waals surface area (Å²) in [4.78, 5) is 34.4. The molecule has 0 bridgehead atoms. The number of hydrogen-bond donors (Lipinski definition) is 1. The number of imidazole rings is 1. The number of rotatable bonds is 7. The van der Waals surface area contributed by atoms with E-state index in [4.69, 9.17) is 11.6 Å². The minimum Gasteiger partial charge on any atom is -0.332 e. The van der Waals surface area contributed by atoms with Crippen LogP contribution in [0.2, 0.25) is 4.34 Å². The van der Waals surface area contributed by atoms with Crippen LogP contribution in [0.25, 0.3) is 22.6 Å². The Bertz CT molecular complexity index is 1280. The quantitative estimate of drug-likeness (QED) is 0.485. The first kappa shape index (κ1) is 19.7. The molecule has 0 spiro atoms. The Balaban J connectivity index is 1.77. The summed E-state index contributed by atoms with van der Waals surface area (Å²) in [7, 11) is 0. The van der Waals surface area contributed by atoms with Crippen molar-refractivity contribution in [1.29, 1.82) is 0 Å². The van der Waals surface area contributed by atoms with Gasteiger partial charge in [0.25, 0.3) is 5.56 Å². The van der Waals surface area contributed by atoms with Crippen molar-refractivity contribution in [2.75, 3.05) is 0 Å². The minimum atomic E-state index is -0.335. The van der Waals surface area contributed by atoms with Crippen LogP contribution in [0.5, 0.6) is 0 Å². The van der Waals surface area contributed by atoms with Crippen molar-refractivity contribution >= 4 is 34.1 Å². The smallest absolute Gasteiger partial charge is 0.332 e. The normalized spacial score (nSPS) is 11.6. The first-order valence-corrected chi connectivity index (χ1v) is 10.7. The number of thiophene rings is 1. The van der Waals surface area contributed by atoms with Crippen LogP contribution in [-0.4, -0.2) is 28.9 Å². The summed E-state index contributed by atoms with van der Waals surface area (Å²) in [6.45, 7) is 5.41. The Morgan fingerprint density at radius 3 is 2.59 bits per heavy atom. The third-order valence-corrected chi connectivity index (χ3v) is 5.82. The molecule has 29 heavy (non-hydrogen) atoms. The molecule has 10 heteroatoms. The molecule has 0 aliphatic rings. The fraction of sp³-hybridized carbons (Fsp3) is 0.368. The number of aromatic nitrogens is 6. The molecule has 0 atom stereocenters. The second kappa shape index (κ2) is 8.00. The molecular weight excluding hydrogens is 412 g/mol. The van der Waals surface area contributed by atoms with Gasteiger partial charge >= 0.3 is 5.69 Å². The molecule has 152 valence electrons. The van der Waals surface area contributed by atoms with Gasteiger partial charge in [-0.2, -0.15) is 5.10 Å². The molecule has 4 heterocycles. The molecule has 8 nitrogen and oxygen atoms in total. The van der Waals surface area contributed by atoms with Gasteiger partial charge in [-0.05, 0) is 25.0 Å². The number of hydrogen-bond acceptors (Lipinski definition) is 5. The Morgan fingerprint density at radius 1 is 1.14 bits per heavy atom. The van der Waals surface area contributed by atoms with Gasteiger partial charge in [0.2, 0.25) is 0 Å². The van der Waals surface area contributed by atoms with E-state index in [1.807, 2.05) is 32.2 Å². The molecule has 0 amide bonds. The molecule has 0 aliphatic carbocycles. The Morgan fingerprint density at radius 2 is 1.90 bits per heavy atom. The van der Waals surface area contributed by atoms with Gasteiger partial charge in [-0.15, -0.1) is 11.3 Å². The summed E-state index contributed by atoms with van der Waals surface area (Å²) in [6.07, 6.45) is 5.02. The summed E-state index contributed by atoms with van der Waals surface area (Å²) < 4.78 is 5.38. The molecule has 0 fully saturated rings. The lowest BCUT2D eigenvalue weighted by Crippen LogP contribution is -2.40. The number of nitrogens with one attached hydrogen (secondary N) is 1. The topological polar surface area (TPSA) is 90.5 Å². The highest BCUT2D eigenvalue weighted by molar-refractivity contribution is 7.16. The summed E-state index contributed by atoms with van der Waals surface area (Å²) in [5.41, 5.74) is 0.843. The molecule has 1 N–H and O–H groups in total. The third kappa shape index (κ3) is 3.67. The molecule has 0 radical (unpaired) electrons. The van der Waals surface area contributed by atoms with Crippen LogP contribution in [0.4, 0.5) is 0 Å². The van der Waals surface area contributed by atoms with Crippen molar-refractivity contribution < 1.29 is 0 Å². The predicted octanol–water partition coefficient (Wildman–Crippen LogP) is 3.33. The van der Waals surface area contributed by atoms with E-state index in [-0.39, 0.29) is 11.2 Å². The number of H-pyrrole nitrogens is 1. The van der Waals surface area contributed by atoms with E-state index in [0.29, 0.717) is 43.0 Å². The number of fused-ring (bicyclic) bond motifs is 1. The predicted molar refractivity (Wildman–Crippen MR) is 115 cm³/mol. The molecule has 0 aromatic carbocycles. The number of nitrogens with zero attached hydrogens (tertiary/aromatic N) is 5. The third-order valence-electron chi connectivity index (χ3n) is 4.61. The Hall–Kier alpha value is -2.65. The Labute approximate surface area is 175 Å². The highest BCUT2D eigenvalue weighted by atomic mass is 35.5. The fourth-order valence-electron chi connectivity index (χ4n) is 3.32. The van der Waals surface area contributed by atoms with Crippen LogP contribution in [0, 0.1) is 0 Å². The molecule has 0 saturated heterocycles. The minimum absolute atomic E-state index is 0.311. The van der Waals surface area contributed by atoms with Gasteiger partial charge < -0.3 is 4.98 Å². The summed E-state index contributed by atoms with van der Waals surface area (Å²) in [5.74, 6) is 0.520. The standard InChI is InChI=1S/C19H21ClN6O2S/c1-3-7-25-17-15(18(27)26(8-4-2)19(25)28)22-16(23-17)12-9-21-24(10-12)11-13-5-6-14(20)29-13/h5-6,9-10H,3-4,7-8,11H2,1-2H3,(H,22,23). The summed E-state index contributed by atoms with van der Waals surface area (Å²) in [6, 6.07) is 3.83. The summed E-state index contributed by atoms with van der Waals surface area (Å²) in [5, 5.41) is 4.38. The second-order valence-electron chi connectivity index (χ2n) is 6.81. The lowest BCUT2D eigenvalue weighted by molar-refractivity contribution is 0.555. The molecule has 0 aliphatic heterocycles. The zero-order chi connectivity index (χ0) is 20.5. The maximum absolute atomic E-state index is 12.8. The van der Waals surface area contributed by atoms with E-state index in [9.17, 15) is 9.59 Å². The van der Waals surface area contributed by atoms with Gasteiger partial charge in [-0.25, -0.2) is 9.78 Å². The van der Waals surface area contributed by atoms with Crippen molar-refractivity contribution in [2.45, 2.75) is 46.3 Å². The monoisotopic (exact) mass is 432 g/mol. The lowest BCUT2D eigenvalue weighted by atomic mass is 10.3. The van der Waals surface area contributed by atoms with Gasteiger partial charge in [0.05, 0.1) is 22.6 Å². The van der Waals surface area contributed by atoms with Gasteiger partial charge in [0, 0.05) is 24.2 Å². The van der Waals surface area contributed by atoms with E-state index in [1.54, 1.807) is 15.4 Å². The first-order valence-electron chi connectivity index (χ1n) is 9.52. The van der Waals surface area contributed by atoms with Crippen molar-refractivity contribution in [1.82, 2.24) is 28.9 Å². The van der Waals surface area contributed by atoms with E-state index in [0.717, 1.165) is 21.2 Å². The number of aryl methyl sites for hydroxylation is 1. The van der Waals surface area contributed by atoms with Crippen LogP contribution < -0.4 is 11.2 Å². The SMILES string of the molecule is CCCn1c(=O)c2[nH]c(-c3cnn(Cc4ccc(Cl)s4)c3)nc2n(CCC)c1=O. The highest BCUT2D eigenvalue weighted by Gasteiger charge is 2.18. The van der Waals surface area contributed by atoms with Crippen LogP contribution >= 0.6 is 22.9 Å². The molecule has 4 rings (SSSR count). The lowest BCUT2D eigenvalue weighted by Gasteiger charge is -2.09. The van der Waals surface area contributed by atoms with Crippen LogP contribution in [-0.2, 0) is 19.6 Å². The average Bonchev–Trinajstić information content (AvgIpc) is 3.42. The molecule has 4 aromatic heterocycles. The van der Waals surface area contributed by atoms with Crippen LogP contribution in [0.1, 0.15) is 31.6 Å². The van der Waals surface area contributed by atoms with Gasteiger partial charge in [0.15, 0.2) is 5.65 Å². The van der Waals surface area contributed by atoms with Crippen molar-refractivity contribution in [2.24, 2.45) is 0 Å². The summed E-state index contributed by atoms with van der Waals surface area (Å²) >= 11 is 7.50. The maximum atomic E-state index is 12.8. The van der Waals surface area contributed by atoms with Crippen molar-refractivity contribution in [3.05, 3.63) is 54.6 Å². The maximum Gasteiger partial charge on any atom is 0.332 e. The van der Waals surface area contributed by atoms with Crippen molar-refractivity contribution in [3.63, 3.8) is 0 Å². The van der Waals surface area contributed by atoms with Gasteiger partial charge in [0.1, 0.15) is 11.3 Å². The van der Waals surface area contributed by atoms with Gasteiger partial charge in [-0.3, -0.25) is 18.6 Å². The second-order valence-corrected chi connectivity index (χ2v) is 8.61. The highest BCUT2D eigenvalue weighted by Crippen LogP contribution is 2.23. The zero-order valence-corrected chi connectivity index (χ0v) is 17.8. The van der Waals surface area contributed by atoms with Crippen molar-refractivity contribution in [3.8, 4) is 11.4 Å². The van der Waals surface area contributed by atoms with E-state index < -0.39 is 0 Å². The van der Waals surface area contributed by atoms with E-state index >= 15 is 0 Å². The largest absolute Gasteiger partial charge is 0.332 e. The van der Waals surface area contributed by atoms with Crippen LogP contribution in [0.3, 0.4) is 0 Å². The van der Waals surface area contributed by atoms with Gasteiger partial charge in [-0.1, -0.05) is 25.4 Å². The van der Waals surface area contributed by atoms with E-state index in [1.165, 1.54) is 15.9 Å².